The van der Waals surface area contributed by atoms with Crippen molar-refractivity contribution in [3.63, 3.8) is 0 Å². The van der Waals surface area contributed by atoms with Gasteiger partial charge in [0.05, 0.1) is 17.5 Å². The number of imide groups is 1. The Morgan fingerprint density at radius 3 is 2.30 bits per heavy atom. The van der Waals surface area contributed by atoms with Crippen LogP contribution in [0.1, 0.15) is 48.7 Å². The Balaban J connectivity index is 1.87. The number of amides is 2. The standard InChI is InChI=1S/C31H42N4O8/c1-8-14(2)12-32-13-17-11-20(34(4)5)18-9-16-10-19-23(28(39)21(16)27(38)22(18)26(17)37)31(42,43)24(30(41)33-15(3)36)29(40)25(19)35(6)7/h8,11,16,19,23,25,32,37,39-40,42-43H,9-10,12-13H2,1-7H3,(H,33,36,41)/b14-8+/t16?,19?,23?,25-/m0/s1. The molecule has 2 amide bonds. The second kappa shape index (κ2) is 11.8. The van der Waals surface area contributed by atoms with Crippen molar-refractivity contribution in [1.82, 2.24) is 15.5 Å². The molecule has 0 aliphatic heterocycles. The van der Waals surface area contributed by atoms with Crippen molar-refractivity contribution in [1.29, 1.82) is 0 Å². The molecule has 3 aliphatic carbocycles. The van der Waals surface area contributed by atoms with Crippen LogP contribution in [0, 0.1) is 17.8 Å². The molecule has 0 saturated carbocycles. The van der Waals surface area contributed by atoms with E-state index < -0.39 is 64.3 Å². The summed E-state index contributed by atoms with van der Waals surface area (Å²) in [5.74, 6) is -10.2. The van der Waals surface area contributed by atoms with E-state index in [2.05, 4.69) is 5.32 Å². The number of aromatic hydroxyl groups is 1. The lowest BCUT2D eigenvalue weighted by molar-refractivity contribution is -0.201. The van der Waals surface area contributed by atoms with E-state index in [-0.39, 0.29) is 36.3 Å². The molecule has 43 heavy (non-hydrogen) atoms. The highest BCUT2D eigenvalue weighted by Gasteiger charge is 2.61. The number of anilines is 1. The van der Waals surface area contributed by atoms with Crippen molar-refractivity contribution in [3.8, 4) is 5.75 Å². The molecule has 1 aromatic carbocycles. The quantitative estimate of drug-likeness (QED) is 0.178. The minimum Gasteiger partial charge on any atom is -0.511 e. The first kappa shape index (κ1) is 32.2. The number of phenols is 1. The van der Waals surface area contributed by atoms with Crippen LogP contribution >= 0.6 is 0 Å². The van der Waals surface area contributed by atoms with E-state index in [4.69, 9.17) is 0 Å². The van der Waals surface area contributed by atoms with E-state index in [0.29, 0.717) is 17.7 Å². The molecule has 4 rings (SSSR count). The third-order valence-electron chi connectivity index (χ3n) is 8.86. The molecule has 234 valence electrons. The Labute approximate surface area is 251 Å². The number of allylic oxidation sites excluding steroid dienone is 2. The van der Waals surface area contributed by atoms with E-state index in [9.17, 15) is 39.9 Å². The maximum absolute atomic E-state index is 14.2. The van der Waals surface area contributed by atoms with Gasteiger partial charge in [0.25, 0.3) is 5.91 Å². The fraction of sp³-hybridized carbons (Fsp3) is 0.516. The van der Waals surface area contributed by atoms with Crippen LogP contribution in [0.2, 0.25) is 0 Å². The van der Waals surface area contributed by atoms with E-state index in [1.54, 1.807) is 19.0 Å². The summed E-state index contributed by atoms with van der Waals surface area (Å²) in [5.41, 5.74) is 2.04. The molecule has 3 unspecified atom stereocenters. The summed E-state index contributed by atoms with van der Waals surface area (Å²) < 4.78 is 0. The lowest BCUT2D eigenvalue weighted by atomic mass is 9.59. The number of Topliss-reactive ketones (excluding diaryl/α,β-unsaturated/α-hetero) is 1. The molecule has 3 aliphatic rings. The van der Waals surface area contributed by atoms with E-state index in [1.807, 2.05) is 50.3 Å². The molecule has 1 aromatic rings. The SMILES string of the molecule is C/C=C(\C)CNCc1cc(N(C)C)c2c(c1O)C(=O)C1=C(O)C3C(CC1C2)[C@H](N(C)C)C(O)=C(C(=O)NC(C)=O)C3(O)O. The summed E-state index contributed by atoms with van der Waals surface area (Å²) in [5, 5.41) is 62.2. The number of aliphatic hydroxyl groups excluding tert-OH is 2. The average Bonchev–Trinajstić information content (AvgIpc) is 2.87. The molecule has 0 aromatic heterocycles. The molecular formula is C31H42N4O8. The lowest BCUT2D eigenvalue weighted by Gasteiger charge is -2.51. The van der Waals surface area contributed by atoms with Gasteiger partial charge in [-0.3, -0.25) is 24.6 Å². The number of ketones is 1. The summed E-state index contributed by atoms with van der Waals surface area (Å²) in [4.78, 5) is 42.2. The topological polar surface area (TPSA) is 183 Å². The van der Waals surface area contributed by atoms with Crippen LogP contribution in [-0.4, -0.2) is 94.6 Å². The van der Waals surface area contributed by atoms with Gasteiger partial charge in [0.15, 0.2) is 5.78 Å². The molecule has 0 bridgehead atoms. The number of carbonyl (C=O) groups excluding carboxylic acids is 3. The molecule has 0 spiro atoms. The molecule has 0 fully saturated rings. The third-order valence-corrected chi connectivity index (χ3v) is 8.86. The molecule has 7 N–H and O–H groups in total. The van der Waals surface area contributed by atoms with Gasteiger partial charge in [0.2, 0.25) is 11.7 Å². The number of carbonyl (C=O) groups is 3. The fourth-order valence-electron chi connectivity index (χ4n) is 6.89. The first-order valence-corrected chi connectivity index (χ1v) is 14.3. The van der Waals surface area contributed by atoms with Gasteiger partial charge in [-0.1, -0.05) is 11.6 Å². The number of benzene rings is 1. The van der Waals surface area contributed by atoms with Gasteiger partial charge in [-0.2, -0.15) is 0 Å². The van der Waals surface area contributed by atoms with Crippen molar-refractivity contribution in [2.24, 2.45) is 17.8 Å². The average molecular weight is 599 g/mol. The van der Waals surface area contributed by atoms with Crippen molar-refractivity contribution in [2.45, 2.75) is 52.0 Å². The number of fused-ring (bicyclic) bond motifs is 3. The van der Waals surface area contributed by atoms with Crippen molar-refractivity contribution >= 4 is 23.3 Å². The highest BCUT2D eigenvalue weighted by Crippen LogP contribution is 2.55. The Kier molecular flexibility index (Phi) is 8.81. The monoisotopic (exact) mass is 598 g/mol. The minimum absolute atomic E-state index is 0.0383. The summed E-state index contributed by atoms with van der Waals surface area (Å²) in [6.07, 6.45) is 2.40. The number of hydrogen-bond donors (Lipinski definition) is 7. The summed E-state index contributed by atoms with van der Waals surface area (Å²) >= 11 is 0. The summed E-state index contributed by atoms with van der Waals surface area (Å²) in [7, 11) is 6.94. The summed E-state index contributed by atoms with van der Waals surface area (Å²) in [6.45, 7) is 5.81. The number of rotatable bonds is 7. The predicted molar refractivity (Wildman–Crippen MR) is 159 cm³/mol. The molecule has 12 nitrogen and oxygen atoms in total. The van der Waals surface area contributed by atoms with Crippen molar-refractivity contribution < 1.29 is 39.9 Å². The zero-order chi connectivity index (χ0) is 32.1. The van der Waals surface area contributed by atoms with Crippen LogP contribution in [0.3, 0.4) is 0 Å². The molecule has 0 radical (unpaired) electrons. The number of phenolic OH excluding ortho intramolecular Hbond substituents is 1. The first-order valence-electron chi connectivity index (χ1n) is 14.3. The third kappa shape index (κ3) is 5.44. The summed E-state index contributed by atoms with van der Waals surface area (Å²) in [6, 6.07) is 0.894. The Bertz CT molecular complexity index is 1460. The number of aliphatic hydroxyl groups is 4. The van der Waals surface area contributed by atoms with Gasteiger partial charge in [-0.25, -0.2) is 0 Å². The van der Waals surface area contributed by atoms with Crippen LogP contribution in [-0.2, 0) is 22.6 Å². The maximum Gasteiger partial charge on any atom is 0.262 e. The largest absolute Gasteiger partial charge is 0.511 e. The molecule has 12 heteroatoms. The van der Waals surface area contributed by atoms with Crippen LogP contribution in [0.4, 0.5) is 5.69 Å². The molecule has 4 atom stereocenters. The van der Waals surface area contributed by atoms with Gasteiger partial charge in [-0.15, -0.1) is 0 Å². The van der Waals surface area contributed by atoms with Crippen molar-refractivity contribution in [3.05, 3.63) is 57.1 Å². The maximum atomic E-state index is 14.2. The fourth-order valence-corrected chi connectivity index (χ4v) is 6.89. The Morgan fingerprint density at radius 2 is 1.74 bits per heavy atom. The highest BCUT2D eigenvalue weighted by atomic mass is 16.5. The van der Waals surface area contributed by atoms with Crippen LogP contribution in [0.15, 0.2) is 40.4 Å². The second-order valence-corrected chi connectivity index (χ2v) is 12.2. The van der Waals surface area contributed by atoms with Crippen LogP contribution < -0.4 is 15.5 Å². The zero-order valence-corrected chi connectivity index (χ0v) is 25.6. The Morgan fingerprint density at radius 1 is 1.09 bits per heavy atom. The number of hydrogen-bond acceptors (Lipinski definition) is 11. The smallest absolute Gasteiger partial charge is 0.262 e. The van der Waals surface area contributed by atoms with Gasteiger partial charge in [-0.05, 0) is 64.3 Å². The predicted octanol–water partition coefficient (Wildman–Crippen LogP) is 1.42. The minimum atomic E-state index is -3.11. The van der Waals surface area contributed by atoms with E-state index in [1.165, 1.54) is 0 Å². The van der Waals surface area contributed by atoms with Gasteiger partial charge in [0.1, 0.15) is 22.8 Å². The van der Waals surface area contributed by atoms with Gasteiger partial charge in [0, 0.05) is 50.9 Å². The highest BCUT2D eigenvalue weighted by molar-refractivity contribution is 6.14. The second-order valence-electron chi connectivity index (χ2n) is 12.2. The van der Waals surface area contributed by atoms with Gasteiger partial charge < -0.3 is 35.7 Å². The first-order chi connectivity index (χ1) is 20.0. The lowest BCUT2D eigenvalue weighted by Crippen LogP contribution is -2.61. The molecule has 0 heterocycles. The molecule has 0 saturated heterocycles. The van der Waals surface area contributed by atoms with Crippen LogP contribution in [0.25, 0.3) is 0 Å². The Hall–Kier alpha value is -3.71. The van der Waals surface area contributed by atoms with Crippen molar-refractivity contribution in [2.75, 3.05) is 39.6 Å². The van der Waals surface area contributed by atoms with E-state index in [0.717, 1.165) is 18.2 Å². The zero-order valence-electron chi connectivity index (χ0n) is 25.6. The van der Waals surface area contributed by atoms with Crippen LogP contribution in [0.5, 0.6) is 5.75 Å². The normalized spacial score (nSPS) is 24.9. The number of nitrogens with one attached hydrogen (secondary N) is 2. The van der Waals surface area contributed by atoms with E-state index >= 15 is 0 Å². The molecular weight excluding hydrogens is 556 g/mol. The number of nitrogens with zero attached hydrogens (tertiary/aromatic N) is 2. The number of likely N-dealkylation sites (N-methyl/N-ethyl adjacent to an activating group) is 1. The van der Waals surface area contributed by atoms with Gasteiger partial charge >= 0.3 is 0 Å².